The fourth-order valence-corrected chi connectivity index (χ4v) is 1.81. The van der Waals surface area contributed by atoms with Gasteiger partial charge < -0.3 is 5.73 Å². The van der Waals surface area contributed by atoms with E-state index in [0.29, 0.717) is 5.82 Å². The lowest BCUT2D eigenvalue weighted by Crippen LogP contribution is -2.34. The molecule has 1 fully saturated rings. The summed E-state index contributed by atoms with van der Waals surface area (Å²) >= 11 is 0. The molecule has 2 rings (SSSR count). The number of nitrogens with two attached hydrogens (primary N) is 1. The number of rotatable bonds is 2. The van der Waals surface area contributed by atoms with Gasteiger partial charge in [-0.1, -0.05) is 12.8 Å². The highest BCUT2D eigenvalue weighted by molar-refractivity contribution is 5.03. The van der Waals surface area contributed by atoms with Gasteiger partial charge in [0.15, 0.2) is 5.82 Å². The van der Waals surface area contributed by atoms with Gasteiger partial charge in [0.2, 0.25) is 0 Å². The summed E-state index contributed by atoms with van der Waals surface area (Å²) in [4.78, 5) is 1.59. The lowest BCUT2D eigenvalue weighted by molar-refractivity contribution is 0.427. The molecule has 5 nitrogen and oxygen atoms in total. The monoisotopic (exact) mass is 181 g/mol. The van der Waals surface area contributed by atoms with Gasteiger partial charge in [-0.25, -0.2) is 0 Å². The Bertz CT molecular complexity index is 286. The molecule has 0 atom stereocenters. The van der Waals surface area contributed by atoms with E-state index in [1.165, 1.54) is 12.8 Å². The average molecular weight is 181 g/mol. The molecule has 0 bridgehead atoms. The lowest BCUT2D eigenvalue weighted by atomic mass is 9.99. The van der Waals surface area contributed by atoms with Crippen molar-refractivity contribution in [1.82, 2.24) is 20.2 Å². The third kappa shape index (κ3) is 1.44. The Morgan fingerprint density at radius 2 is 2.15 bits per heavy atom. The fourth-order valence-electron chi connectivity index (χ4n) is 1.81. The van der Waals surface area contributed by atoms with E-state index in [1.807, 2.05) is 6.92 Å². The van der Waals surface area contributed by atoms with Crippen LogP contribution in [0.4, 0.5) is 0 Å². The predicted molar refractivity (Wildman–Crippen MR) is 47.8 cm³/mol. The molecular weight excluding hydrogens is 166 g/mol. The Labute approximate surface area is 77.3 Å². The van der Waals surface area contributed by atoms with Crippen LogP contribution < -0.4 is 5.73 Å². The Hall–Kier alpha value is -0.970. The summed E-state index contributed by atoms with van der Waals surface area (Å²) in [5.74, 6) is 0.715. The van der Waals surface area contributed by atoms with Crippen molar-refractivity contribution in [2.45, 2.75) is 44.7 Å². The second kappa shape index (κ2) is 3.06. The summed E-state index contributed by atoms with van der Waals surface area (Å²) in [6.07, 6.45) is 4.33. The van der Waals surface area contributed by atoms with Crippen molar-refractivity contribution in [2.24, 2.45) is 5.73 Å². The molecule has 0 amide bonds. The topological polar surface area (TPSA) is 69.6 Å². The zero-order valence-electron chi connectivity index (χ0n) is 7.90. The standard InChI is InChI=1S/C8H15N5/c1-2-13-11-7(10-12-13)8(9)5-3-4-6-8/h2-6,9H2,1H3. The fraction of sp³-hybridized carbons (Fsp3) is 0.875. The van der Waals surface area contributed by atoms with Crippen molar-refractivity contribution in [1.29, 1.82) is 0 Å². The van der Waals surface area contributed by atoms with Gasteiger partial charge in [-0.05, 0) is 25.0 Å². The van der Waals surface area contributed by atoms with Gasteiger partial charge in [0.1, 0.15) is 0 Å². The van der Waals surface area contributed by atoms with E-state index in [1.54, 1.807) is 4.80 Å². The van der Waals surface area contributed by atoms with Gasteiger partial charge >= 0.3 is 0 Å². The highest BCUT2D eigenvalue weighted by Crippen LogP contribution is 2.33. The number of tetrazole rings is 1. The second-order valence-corrected chi connectivity index (χ2v) is 3.66. The molecular formula is C8H15N5. The van der Waals surface area contributed by atoms with Crippen molar-refractivity contribution in [3.05, 3.63) is 5.82 Å². The van der Waals surface area contributed by atoms with Gasteiger partial charge in [-0.2, -0.15) is 4.80 Å². The molecule has 0 spiro atoms. The highest BCUT2D eigenvalue weighted by Gasteiger charge is 2.35. The first-order chi connectivity index (χ1) is 6.24. The maximum absolute atomic E-state index is 6.17. The summed E-state index contributed by atoms with van der Waals surface area (Å²) in [5.41, 5.74) is 5.87. The molecule has 1 aromatic heterocycles. The molecule has 0 aromatic carbocycles. The Balaban J connectivity index is 2.23. The minimum atomic E-state index is -0.298. The largest absolute Gasteiger partial charge is 0.319 e. The van der Waals surface area contributed by atoms with Crippen molar-refractivity contribution in [3.63, 3.8) is 0 Å². The van der Waals surface area contributed by atoms with Gasteiger partial charge in [0.25, 0.3) is 0 Å². The smallest absolute Gasteiger partial charge is 0.194 e. The van der Waals surface area contributed by atoms with Crippen LogP contribution in [0.15, 0.2) is 0 Å². The summed E-state index contributed by atoms with van der Waals surface area (Å²) in [5, 5.41) is 12.2. The van der Waals surface area contributed by atoms with Gasteiger partial charge in [-0.15, -0.1) is 10.2 Å². The van der Waals surface area contributed by atoms with E-state index in [4.69, 9.17) is 5.73 Å². The molecule has 13 heavy (non-hydrogen) atoms. The molecule has 0 saturated heterocycles. The molecule has 1 heterocycles. The molecule has 2 N–H and O–H groups in total. The Morgan fingerprint density at radius 3 is 2.69 bits per heavy atom. The van der Waals surface area contributed by atoms with Crippen LogP contribution in [-0.2, 0) is 12.1 Å². The van der Waals surface area contributed by atoms with Crippen LogP contribution in [0.3, 0.4) is 0 Å². The maximum atomic E-state index is 6.17. The van der Waals surface area contributed by atoms with Crippen LogP contribution in [0.25, 0.3) is 0 Å². The number of aromatic nitrogens is 4. The average Bonchev–Trinajstić information content (AvgIpc) is 2.72. The molecule has 1 saturated carbocycles. The number of aryl methyl sites for hydroxylation is 1. The first-order valence-corrected chi connectivity index (χ1v) is 4.82. The van der Waals surface area contributed by atoms with Gasteiger partial charge in [0.05, 0.1) is 12.1 Å². The molecule has 0 radical (unpaired) electrons. The van der Waals surface area contributed by atoms with E-state index < -0.39 is 0 Å². The number of hydrogen-bond donors (Lipinski definition) is 1. The Morgan fingerprint density at radius 1 is 1.46 bits per heavy atom. The second-order valence-electron chi connectivity index (χ2n) is 3.66. The first kappa shape index (κ1) is 8.62. The minimum absolute atomic E-state index is 0.298. The van der Waals surface area contributed by atoms with Crippen molar-refractivity contribution >= 4 is 0 Å². The Kier molecular flexibility index (Phi) is 2.03. The van der Waals surface area contributed by atoms with Crippen molar-refractivity contribution in [2.75, 3.05) is 0 Å². The van der Waals surface area contributed by atoms with Crippen molar-refractivity contribution < 1.29 is 0 Å². The van der Waals surface area contributed by atoms with E-state index in [0.717, 1.165) is 19.4 Å². The molecule has 72 valence electrons. The summed E-state index contributed by atoms with van der Waals surface area (Å²) < 4.78 is 0. The zero-order chi connectivity index (χ0) is 9.31. The van der Waals surface area contributed by atoms with Crippen LogP contribution in [0, 0.1) is 0 Å². The van der Waals surface area contributed by atoms with E-state index in [-0.39, 0.29) is 5.54 Å². The first-order valence-electron chi connectivity index (χ1n) is 4.82. The number of hydrogen-bond acceptors (Lipinski definition) is 4. The third-order valence-corrected chi connectivity index (χ3v) is 2.68. The van der Waals surface area contributed by atoms with Crippen LogP contribution >= 0.6 is 0 Å². The van der Waals surface area contributed by atoms with Crippen LogP contribution in [0.2, 0.25) is 0 Å². The molecule has 5 heteroatoms. The summed E-state index contributed by atoms with van der Waals surface area (Å²) in [6.45, 7) is 2.74. The zero-order valence-corrected chi connectivity index (χ0v) is 7.90. The maximum Gasteiger partial charge on any atom is 0.194 e. The van der Waals surface area contributed by atoms with E-state index >= 15 is 0 Å². The van der Waals surface area contributed by atoms with Crippen LogP contribution in [0.5, 0.6) is 0 Å². The molecule has 1 aromatic rings. The van der Waals surface area contributed by atoms with Crippen LogP contribution in [-0.4, -0.2) is 20.2 Å². The van der Waals surface area contributed by atoms with Gasteiger partial charge in [0, 0.05) is 0 Å². The normalized spacial score (nSPS) is 20.8. The van der Waals surface area contributed by atoms with E-state index in [9.17, 15) is 0 Å². The van der Waals surface area contributed by atoms with Crippen molar-refractivity contribution in [3.8, 4) is 0 Å². The van der Waals surface area contributed by atoms with Gasteiger partial charge in [-0.3, -0.25) is 0 Å². The highest BCUT2D eigenvalue weighted by atomic mass is 15.6. The lowest BCUT2D eigenvalue weighted by Gasteiger charge is -2.17. The third-order valence-electron chi connectivity index (χ3n) is 2.68. The summed E-state index contributed by atoms with van der Waals surface area (Å²) in [6, 6.07) is 0. The quantitative estimate of drug-likeness (QED) is 0.718. The minimum Gasteiger partial charge on any atom is -0.319 e. The predicted octanol–water partition coefficient (Wildman–Crippen LogP) is 0.421. The summed E-state index contributed by atoms with van der Waals surface area (Å²) in [7, 11) is 0. The van der Waals surface area contributed by atoms with E-state index in [2.05, 4.69) is 15.4 Å². The molecule has 1 aliphatic rings. The molecule has 0 aliphatic heterocycles. The molecule has 1 aliphatic carbocycles. The number of nitrogens with zero attached hydrogens (tertiary/aromatic N) is 4. The van der Waals surface area contributed by atoms with Crippen LogP contribution in [0.1, 0.15) is 38.4 Å². The molecule has 0 unspecified atom stereocenters. The SMILES string of the molecule is CCn1nnc(C2(N)CCCC2)n1.